The van der Waals surface area contributed by atoms with Crippen molar-refractivity contribution in [2.45, 2.75) is 43.8 Å². The van der Waals surface area contributed by atoms with Crippen LogP contribution < -0.4 is 9.47 Å². The smallest absolute Gasteiger partial charge is 0.246 e. The summed E-state index contributed by atoms with van der Waals surface area (Å²) >= 11 is 0. The van der Waals surface area contributed by atoms with E-state index in [1.165, 1.54) is 6.42 Å². The van der Waals surface area contributed by atoms with Crippen LogP contribution in [0.15, 0.2) is 42.5 Å². The number of H-pyrrole nitrogens is 1. The van der Waals surface area contributed by atoms with Gasteiger partial charge in [-0.2, -0.15) is 0 Å². The number of carbonyl (C=O) groups excluding carboxylic acids is 2. The molecule has 0 aliphatic carbocycles. The van der Waals surface area contributed by atoms with E-state index >= 15 is 0 Å². The molecule has 2 fully saturated rings. The summed E-state index contributed by atoms with van der Waals surface area (Å²) < 4.78 is 11.2. The summed E-state index contributed by atoms with van der Waals surface area (Å²) in [5.74, 6) is 1.42. The summed E-state index contributed by atoms with van der Waals surface area (Å²) in [7, 11) is 2.15. The number of benzene rings is 2. The summed E-state index contributed by atoms with van der Waals surface area (Å²) in [5, 5.41) is 1.11. The summed E-state index contributed by atoms with van der Waals surface area (Å²) in [6.45, 7) is 2.05. The SMILES string of the molecule is CN1CCCC1CCN1CC(=O)N2[C@H](c3ccc4c(c3)OCO4)c3[nH]c4ccccc4c3C[C@@H]2C1=O. The Balaban J connectivity index is 1.28. The first-order chi connectivity index (χ1) is 17.6. The van der Waals surface area contributed by atoms with Crippen molar-refractivity contribution in [3.63, 3.8) is 0 Å². The number of carbonyl (C=O) groups is 2. The number of hydrogen-bond acceptors (Lipinski definition) is 5. The lowest BCUT2D eigenvalue weighted by Gasteiger charge is -2.47. The normalized spacial score (nSPS) is 25.5. The van der Waals surface area contributed by atoms with E-state index in [-0.39, 0.29) is 31.2 Å². The van der Waals surface area contributed by atoms with Crippen molar-refractivity contribution in [3.8, 4) is 11.5 Å². The first-order valence-corrected chi connectivity index (χ1v) is 12.9. The summed E-state index contributed by atoms with van der Waals surface area (Å²) in [5.41, 5.74) is 4.04. The lowest BCUT2D eigenvalue weighted by atomic mass is 9.86. The van der Waals surface area contributed by atoms with Crippen LogP contribution in [-0.2, 0) is 16.0 Å². The molecule has 1 N–H and O–H groups in total. The minimum Gasteiger partial charge on any atom is -0.454 e. The highest BCUT2D eigenvalue weighted by molar-refractivity contribution is 5.97. The van der Waals surface area contributed by atoms with Gasteiger partial charge >= 0.3 is 0 Å². The maximum absolute atomic E-state index is 13.9. The number of nitrogens with one attached hydrogen (secondary N) is 1. The van der Waals surface area contributed by atoms with Crippen molar-refractivity contribution >= 4 is 22.7 Å². The lowest BCUT2D eigenvalue weighted by Crippen LogP contribution is -2.63. The number of likely N-dealkylation sites (tertiary alicyclic amines) is 1. The Kier molecular flexibility index (Phi) is 4.99. The monoisotopic (exact) mass is 486 g/mol. The molecular weight excluding hydrogens is 456 g/mol. The van der Waals surface area contributed by atoms with Gasteiger partial charge in [-0.15, -0.1) is 0 Å². The Morgan fingerprint density at radius 1 is 1.08 bits per heavy atom. The minimum absolute atomic E-state index is 0.00801. The number of nitrogens with zero attached hydrogens (tertiary/aromatic N) is 3. The predicted molar refractivity (Wildman–Crippen MR) is 134 cm³/mol. The molecule has 8 nitrogen and oxygen atoms in total. The van der Waals surface area contributed by atoms with E-state index in [1.54, 1.807) is 4.90 Å². The van der Waals surface area contributed by atoms with Gasteiger partial charge in [-0.05, 0) is 62.2 Å². The van der Waals surface area contributed by atoms with Gasteiger partial charge < -0.3 is 29.2 Å². The van der Waals surface area contributed by atoms with Crippen LogP contribution in [0.1, 0.15) is 42.1 Å². The number of hydrogen-bond donors (Lipinski definition) is 1. The Labute approximate surface area is 209 Å². The van der Waals surface area contributed by atoms with E-state index in [0.717, 1.165) is 47.1 Å². The van der Waals surface area contributed by atoms with Crippen LogP contribution in [0.4, 0.5) is 0 Å². The molecule has 1 aromatic heterocycles. The number of aromatic amines is 1. The third kappa shape index (κ3) is 3.31. The molecule has 0 saturated carbocycles. The molecule has 1 unspecified atom stereocenters. The molecule has 0 bridgehead atoms. The first kappa shape index (κ1) is 21.7. The third-order valence-electron chi connectivity index (χ3n) is 8.46. The molecule has 8 heteroatoms. The van der Waals surface area contributed by atoms with E-state index in [4.69, 9.17) is 9.47 Å². The maximum atomic E-state index is 13.9. The molecule has 0 radical (unpaired) electrons. The van der Waals surface area contributed by atoms with Gasteiger partial charge in [-0.1, -0.05) is 24.3 Å². The molecule has 3 aromatic rings. The van der Waals surface area contributed by atoms with Crippen molar-refractivity contribution in [3.05, 3.63) is 59.3 Å². The second kappa shape index (κ2) is 8.27. The van der Waals surface area contributed by atoms with Gasteiger partial charge in [0.05, 0.1) is 12.6 Å². The van der Waals surface area contributed by atoms with Crippen LogP contribution in [0, 0.1) is 0 Å². The predicted octanol–water partition coefficient (Wildman–Crippen LogP) is 3.07. The lowest BCUT2D eigenvalue weighted by molar-refractivity contribution is -0.158. The van der Waals surface area contributed by atoms with Crippen LogP contribution in [-0.4, -0.2) is 77.1 Å². The Bertz CT molecular complexity index is 1370. The van der Waals surface area contributed by atoms with Gasteiger partial charge in [0.25, 0.3) is 0 Å². The van der Waals surface area contributed by atoms with Gasteiger partial charge in [0.15, 0.2) is 11.5 Å². The number of amides is 2. The summed E-state index contributed by atoms with van der Waals surface area (Å²) in [6, 6.07) is 13.6. The number of aromatic nitrogens is 1. The fraction of sp³-hybridized carbons (Fsp3) is 0.429. The van der Waals surface area contributed by atoms with Gasteiger partial charge in [0.2, 0.25) is 18.6 Å². The van der Waals surface area contributed by atoms with Gasteiger partial charge in [-0.3, -0.25) is 9.59 Å². The Morgan fingerprint density at radius 3 is 2.81 bits per heavy atom. The van der Waals surface area contributed by atoms with Crippen molar-refractivity contribution < 1.29 is 19.1 Å². The van der Waals surface area contributed by atoms with Crippen LogP contribution in [0.5, 0.6) is 11.5 Å². The zero-order valence-electron chi connectivity index (χ0n) is 20.4. The zero-order valence-corrected chi connectivity index (χ0v) is 20.4. The van der Waals surface area contributed by atoms with E-state index in [9.17, 15) is 9.59 Å². The van der Waals surface area contributed by atoms with E-state index in [1.807, 2.05) is 35.2 Å². The molecule has 3 atom stereocenters. The van der Waals surface area contributed by atoms with Crippen LogP contribution in [0.2, 0.25) is 0 Å². The molecule has 36 heavy (non-hydrogen) atoms. The van der Waals surface area contributed by atoms with Crippen LogP contribution in [0.25, 0.3) is 10.9 Å². The van der Waals surface area contributed by atoms with E-state index in [2.05, 4.69) is 29.1 Å². The van der Waals surface area contributed by atoms with Crippen molar-refractivity contribution in [2.75, 3.05) is 33.5 Å². The number of piperazine rings is 1. The third-order valence-corrected chi connectivity index (χ3v) is 8.46. The molecule has 2 saturated heterocycles. The topological polar surface area (TPSA) is 78.1 Å². The second-order valence-electron chi connectivity index (χ2n) is 10.4. The molecule has 0 spiro atoms. The average molecular weight is 487 g/mol. The number of para-hydroxylation sites is 1. The van der Waals surface area contributed by atoms with E-state index in [0.29, 0.717) is 30.5 Å². The van der Waals surface area contributed by atoms with Crippen LogP contribution in [0.3, 0.4) is 0 Å². The zero-order chi connectivity index (χ0) is 24.4. The molecule has 186 valence electrons. The minimum atomic E-state index is -0.519. The highest BCUT2D eigenvalue weighted by Crippen LogP contribution is 2.45. The Morgan fingerprint density at radius 2 is 1.94 bits per heavy atom. The molecule has 4 aliphatic heterocycles. The van der Waals surface area contributed by atoms with E-state index < -0.39 is 6.04 Å². The maximum Gasteiger partial charge on any atom is 0.246 e. The summed E-state index contributed by atoms with van der Waals surface area (Å²) in [4.78, 5) is 37.2. The highest BCUT2D eigenvalue weighted by atomic mass is 16.7. The van der Waals surface area contributed by atoms with Gasteiger partial charge in [0.1, 0.15) is 6.04 Å². The second-order valence-corrected chi connectivity index (χ2v) is 10.4. The fourth-order valence-corrected chi connectivity index (χ4v) is 6.59. The molecule has 7 rings (SSSR count). The molecule has 5 heterocycles. The molecule has 2 aromatic carbocycles. The van der Waals surface area contributed by atoms with Crippen molar-refractivity contribution in [2.24, 2.45) is 0 Å². The quantitative estimate of drug-likeness (QED) is 0.613. The number of fused-ring (bicyclic) bond motifs is 5. The molecular formula is C28H30N4O4. The Hall–Kier alpha value is -3.52. The molecule has 2 amide bonds. The van der Waals surface area contributed by atoms with Crippen molar-refractivity contribution in [1.29, 1.82) is 0 Å². The van der Waals surface area contributed by atoms with Crippen molar-refractivity contribution in [1.82, 2.24) is 19.7 Å². The largest absolute Gasteiger partial charge is 0.454 e. The standard InChI is InChI=1S/C28H30N4O4/c1-30-11-4-5-18(30)10-12-31-15-25(33)32-22(28(31)34)14-20-19-6-2-3-7-21(19)29-26(20)27(32)17-8-9-23-24(13-17)36-16-35-23/h2-3,6-9,13,18,22,27,29H,4-5,10-12,14-16H2,1H3/t18?,22-,27-/m1/s1. The summed E-state index contributed by atoms with van der Waals surface area (Å²) in [6.07, 6.45) is 3.79. The molecule has 4 aliphatic rings. The fourth-order valence-electron chi connectivity index (χ4n) is 6.59. The first-order valence-electron chi connectivity index (χ1n) is 12.9. The van der Waals surface area contributed by atoms with Gasteiger partial charge in [0, 0.05) is 35.6 Å². The van der Waals surface area contributed by atoms with Gasteiger partial charge in [-0.25, -0.2) is 0 Å². The highest BCUT2D eigenvalue weighted by Gasteiger charge is 2.48. The number of rotatable bonds is 4. The average Bonchev–Trinajstić information content (AvgIpc) is 3.62. The number of ether oxygens (including phenoxy) is 2. The van der Waals surface area contributed by atoms with Crippen LogP contribution >= 0.6 is 0 Å².